The van der Waals surface area contributed by atoms with Crippen LogP contribution < -0.4 is 10.6 Å². The van der Waals surface area contributed by atoms with Crippen molar-refractivity contribution in [3.63, 3.8) is 0 Å². The van der Waals surface area contributed by atoms with Crippen molar-refractivity contribution in [3.05, 3.63) is 29.0 Å². The molecule has 4 heteroatoms. The molecule has 1 fully saturated rings. The van der Waals surface area contributed by atoms with Crippen LogP contribution in [-0.4, -0.2) is 19.1 Å². The second kappa shape index (κ2) is 5.51. The maximum atomic E-state index is 13.0. The van der Waals surface area contributed by atoms with Crippen LogP contribution in [0.2, 0.25) is 5.02 Å². The minimum absolute atomic E-state index is 0.261. The summed E-state index contributed by atoms with van der Waals surface area (Å²) in [4.78, 5) is 0. The molecule has 16 heavy (non-hydrogen) atoms. The van der Waals surface area contributed by atoms with Crippen LogP contribution in [0.5, 0.6) is 0 Å². The molecule has 1 aromatic rings. The van der Waals surface area contributed by atoms with Crippen LogP contribution in [0.1, 0.15) is 19.3 Å². The third-order valence-corrected chi connectivity index (χ3v) is 3.21. The van der Waals surface area contributed by atoms with Crippen molar-refractivity contribution in [1.29, 1.82) is 0 Å². The van der Waals surface area contributed by atoms with E-state index in [4.69, 9.17) is 11.6 Å². The van der Waals surface area contributed by atoms with Gasteiger partial charge >= 0.3 is 0 Å². The molecule has 1 unspecified atom stereocenters. The summed E-state index contributed by atoms with van der Waals surface area (Å²) in [5.41, 5.74) is 0.675. The van der Waals surface area contributed by atoms with Gasteiger partial charge in [0.2, 0.25) is 0 Å². The molecule has 0 amide bonds. The lowest BCUT2D eigenvalue weighted by Crippen LogP contribution is -2.39. The Morgan fingerprint density at radius 3 is 3.06 bits per heavy atom. The normalized spacial score (nSPS) is 20.8. The minimum atomic E-state index is -0.261. The largest absolute Gasteiger partial charge is 0.382 e. The Morgan fingerprint density at radius 2 is 2.31 bits per heavy atom. The van der Waals surface area contributed by atoms with Gasteiger partial charge in [-0.15, -0.1) is 0 Å². The fraction of sp³-hybridized carbons (Fsp3) is 0.500. The highest BCUT2D eigenvalue weighted by Gasteiger charge is 2.12. The molecule has 1 atom stereocenters. The topological polar surface area (TPSA) is 24.1 Å². The van der Waals surface area contributed by atoms with Gasteiger partial charge in [0.25, 0.3) is 0 Å². The van der Waals surface area contributed by atoms with Crippen molar-refractivity contribution < 1.29 is 4.39 Å². The van der Waals surface area contributed by atoms with Gasteiger partial charge in [-0.2, -0.15) is 0 Å². The summed E-state index contributed by atoms with van der Waals surface area (Å²) in [5.74, 6) is -0.261. The quantitative estimate of drug-likeness (QED) is 0.852. The zero-order valence-electron chi connectivity index (χ0n) is 9.10. The van der Waals surface area contributed by atoms with E-state index in [-0.39, 0.29) is 5.82 Å². The molecular weight excluding hydrogens is 227 g/mol. The van der Waals surface area contributed by atoms with Gasteiger partial charge in [-0.1, -0.05) is 18.0 Å². The molecule has 1 heterocycles. The van der Waals surface area contributed by atoms with Crippen molar-refractivity contribution in [2.24, 2.45) is 0 Å². The number of hydrogen-bond acceptors (Lipinski definition) is 2. The maximum absolute atomic E-state index is 13.0. The van der Waals surface area contributed by atoms with E-state index in [2.05, 4.69) is 10.6 Å². The molecule has 0 spiro atoms. The van der Waals surface area contributed by atoms with Gasteiger partial charge in [0.05, 0.1) is 10.7 Å². The highest BCUT2D eigenvalue weighted by atomic mass is 35.5. The van der Waals surface area contributed by atoms with E-state index in [1.54, 1.807) is 6.07 Å². The fourth-order valence-corrected chi connectivity index (χ4v) is 2.15. The molecule has 1 aliphatic heterocycles. The van der Waals surface area contributed by atoms with Gasteiger partial charge in [-0.25, -0.2) is 4.39 Å². The average Bonchev–Trinajstić information content (AvgIpc) is 2.32. The lowest BCUT2D eigenvalue weighted by atomic mass is 10.1. The van der Waals surface area contributed by atoms with Gasteiger partial charge in [-0.3, -0.25) is 0 Å². The van der Waals surface area contributed by atoms with Crippen molar-refractivity contribution in [3.8, 4) is 0 Å². The summed E-state index contributed by atoms with van der Waals surface area (Å²) in [6, 6.07) is 4.85. The Morgan fingerprint density at radius 1 is 1.44 bits per heavy atom. The zero-order valence-corrected chi connectivity index (χ0v) is 9.86. The lowest BCUT2D eigenvalue weighted by Gasteiger charge is -2.24. The first kappa shape index (κ1) is 11.7. The summed E-state index contributed by atoms with van der Waals surface area (Å²) in [7, 11) is 0. The first-order chi connectivity index (χ1) is 7.75. The highest BCUT2D eigenvalue weighted by Crippen LogP contribution is 2.22. The molecule has 2 N–H and O–H groups in total. The molecule has 1 aromatic carbocycles. The summed E-state index contributed by atoms with van der Waals surface area (Å²) in [5, 5.41) is 7.18. The predicted molar refractivity (Wildman–Crippen MR) is 65.5 cm³/mol. The molecular formula is C12H16ClFN2. The van der Waals surface area contributed by atoms with Crippen molar-refractivity contribution in [2.75, 3.05) is 18.4 Å². The zero-order chi connectivity index (χ0) is 11.4. The molecule has 0 aromatic heterocycles. The van der Waals surface area contributed by atoms with E-state index in [0.29, 0.717) is 16.8 Å². The van der Waals surface area contributed by atoms with Crippen molar-refractivity contribution in [1.82, 2.24) is 5.32 Å². The minimum Gasteiger partial charge on any atom is -0.382 e. The van der Waals surface area contributed by atoms with Crippen molar-refractivity contribution in [2.45, 2.75) is 25.3 Å². The number of piperidine rings is 1. The van der Waals surface area contributed by atoms with Crippen molar-refractivity contribution >= 4 is 17.3 Å². The Balaban J connectivity index is 1.90. The van der Waals surface area contributed by atoms with E-state index in [1.165, 1.54) is 31.4 Å². The number of rotatable bonds is 3. The fourth-order valence-electron chi connectivity index (χ4n) is 1.96. The van der Waals surface area contributed by atoms with Gasteiger partial charge in [0, 0.05) is 12.6 Å². The van der Waals surface area contributed by atoms with Gasteiger partial charge < -0.3 is 10.6 Å². The highest BCUT2D eigenvalue weighted by molar-refractivity contribution is 6.33. The predicted octanol–water partition coefficient (Wildman–Crippen LogP) is 3.03. The Labute approximate surface area is 100 Å². The van der Waals surface area contributed by atoms with Crippen LogP contribution in [0.25, 0.3) is 0 Å². The average molecular weight is 243 g/mol. The van der Waals surface area contributed by atoms with Crippen LogP contribution in [-0.2, 0) is 0 Å². The van der Waals surface area contributed by atoms with Gasteiger partial charge in [0.15, 0.2) is 0 Å². The second-order valence-electron chi connectivity index (χ2n) is 4.15. The molecule has 0 aliphatic carbocycles. The third kappa shape index (κ3) is 3.09. The molecule has 0 saturated carbocycles. The Kier molecular flexibility index (Phi) is 4.02. The van der Waals surface area contributed by atoms with E-state index < -0.39 is 0 Å². The molecule has 88 valence electrons. The summed E-state index contributed by atoms with van der Waals surface area (Å²) in [6.07, 6.45) is 3.67. The lowest BCUT2D eigenvalue weighted by molar-refractivity contribution is 0.414. The number of halogens is 2. The summed E-state index contributed by atoms with van der Waals surface area (Å²) >= 11 is 5.96. The standard InChI is InChI=1S/C12H16ClFN2/c13-11-5-4-9(14)7-12(11)16-8-10-3-1-2-6-15-10/h4-5,7,10,15-16H,1-3,6,8H2. The molecule has 2 nitrogen and oxygen atoms in total. The first-order valence-electron chi connectivity index (χ1n) is 5.68. The first-order valence-corrected chi connectivity index (χ1v) is 6.06. The van der Waals surface area contributed by atoms with Crippen LogP contribution in [0.3, 0.4) is 0 Å². The van der Waals surface area contributed by atoms with Crippen LogP contribution in [0.15, 0.2) is 18.2 Å². The van der Waals surface area contributed by atoms with E-state index in [0.717, 1.165) is 13.1 Å². The van der Waals surface area contributed by atoms with Crippen LogP contribution in [0, 0.1) is 5.82 Å². The van der Waals surface area contributed by atoms with Gasteiger partial charge in [0.1, 0.15) is 5.82 Å². The smallest absolute Gasteiger partial charge is 0.125 e. The molecule has 1 aliphatic rings. The van der Waals surface area contributed by atoms with E-state index in [9.17, 15) is 4.39 Å². The van der Waals surface area contributed by atoms with E-state index >= 15 is 0 Å². The molecule has 2 rings (SSSR count). The number of anilines is 1. The summed E-state index contributed by atoms with van der Waals surface area (Å²) < 4.78 is 13.0. The molecule has 0 radical (unpaired) electrons. The number of benzene rings is 1. The van der Waals surface area contributed by atoms with Crippen LogP contribution >= 0.6 is 11.6 Å². The second-order valence-corrected chi connectivity index (χ2v) is 4.56. The van der Waals surface area contributed by atoms with E-state index in [1.807, 2.05) is 0 Å². The SMILES string of the molecule is Fc1ccc(Cl)c(NCC2CCCCN2)c1. The van der Waals surface area contributed by atoms with Crippen LogP contribution in [0.4, 0.5) is 10.1 Å². The third-order valence-electron chi connectivity index (χ3n) is 2.88. The molecule has 1 saturated heterocycles. The number of hydrogen-bond donors (Lipinski definition) is 2. The van der Waals surface area contributed by atoms with Gasteiger partial charge in [-0.05, 0) is 37.6 Å². The molecule has 0 bridgehead atoms. The monoisotopic (exact) mass is 242 g/mol. The maximum Gasteiger partial charge on any atom is 0.125 e. The Hall–Kier alpha value is -0.800. The summed E-state index contributed by atoms with van der Waals surface area (Å²) in [6.45, 7) is 1.87. The number of nitrogens with one attached hydrogen (secondary N) is 2. The Bertz CT molecular complexity index is 351.